The minimum atomic E-state index is -0.954. The Bertz CT molecular complexity index is 136. The van der Waals surface area contributed by atoms with Crippen molar-refractivity contribution < 1.29 is 10.2 Å². The number of hydrogen-bond acceptors (Lipinski definition) is 5. The summed E-state index contributed by atoms with van der Waals surface area (Å²) in [6, 6.07) is 0. The third-order valence-corrected chi connectivity index (χ3v) is 0.969. The SMILES string of the molecule is NC1=CC(O)NC(O)N1. The molecule has 2 atom stereocenters. The smallest absolute Gasteiger partial charge is 0.184 e. The molecule has 6 N–H and O–H groups in total. The second-order valence-electron chi connectivity index (χ2n) is 1.78. The third kappa shape index (κ3) is 1.56. The maximum absolute atomic E-state index is 8.78. The molecule has 1 aliphatic rings. The molecule has 0 saturated carbocycles. The zero-order valence-electron chi connectivity index (χ0n) is 4.70. The average molecular weight is 131 g/mol. The molecule has 52 valence electrons. The van der Waals surface area contributed by atoms with Crippen LogP contribution in [0.5, 0.6) is 0 Å². The second kappa shape index (κ2) is 2.22. The Kier molecular flexibility index (Phi) is 1.56. The monoisotopic (exact) mass is 131 g/mol. The Morgan fingerprint density at radius 3 is 2.67 bits per heavy atom. The van der Waals surface area contributed by atoms with E-state index in [-0.39, 0.29) is 5.82 Å². The molecule has 0 amide bonds. The van der Waals surface area contributed by atoms with Crippen molar-refractivity contribution in [1.29, 1.82) is 0 Å². The lowest BCUT2D eigenvalue weighted by atomic mass is 10.4. The highest BCUT2D eigenvalue weighted by Gasteiger charge is 2.13. The van der Waals surface area contributed by atoms with Gasteiger partial charge in [-0.05, 0) is 6.08 Å². The Hall–Kier alpha value is -0.780. The van der Waals surface area contributed by atoms with Gasteiger partial charge in [-0.2, -0.15) is 0 Å². The van der Waals surface area contributed by atoms with Gasteiger partial charge in [-0.3, -0.25) is 0 Å². The predicted octanol–water partition coefficient (Wildman–Crippen LogP) is -2.43. The molecule has 0 aromatic carbocycles. The summed E-state index contributed by atoms with van der Waals surface area (Å²) < 4.78 is 0. The second-order valence-corrected chi connectivity index (χ2v) is 1.78. The summed E-state index contributed by atoms with van der Waals surface area (Å²) in [7, 11) is 0. The van der Waals surface area contributed by atoms with Crippen LogP contribution in [0.1, 0.15) is 0 Å². The molecule has 9 heavy (non-hydrogen) atoms. The number of aliphatic hydroxyl groups is 2. The molecule has 1 aliphatic heterocycles. The summed E-state index contributed by atoms with van der Waals surface area (Å²) in [5.74, 6) is 0.272. The molecule has 0 fully saturated rings. The van der Waals surface area contributed by atoms with Crippen LogP contribution in [0.15, 0.2) is 11.9 Å². The Labute approximate surface area is 52.2 Å². The van der Waals surface area contributed by atoms with Gasteiger partial charge in [-0.15, -0.1) is 0 Å². The maximum Gasteiger partial charge on any atom is 0.184 e. The summed E-state index contributed by atoms with van der Waals surface area (Å²) in [6.07, 6.45) is -0.460. The van der Waals surface area contributed by atoms with Crippen molar-refractivity contribution in [3.8, 4) is 0 Å². The van der Waals surface area contributed by atoms with E-state index in [1.165, 1.54) is 6.08 Å². The van der Waals surface area contributed by atoms with E-state index in [1.54, 1.807) is 0 Å². The number of hydrogen-bond donors (Lipinski definition) is 5. The zero-order valence-corrected chi connectivity index (χ0v) is 4.70. The number of nitrogens with one attached hydrogen (secondary N) is 2. The van der Waals surface area contributed by atoms with Crippen LogP contribution in [0.4, 0.5) is 0 Å². The van der Waals surface area contributed by atoms with Gasteiger partial charge in [0.15, 0.2) is 6.35 Å². The molecule has 0 spiro atoms. The highest BCUT2D eigenvalue weighted by molar-refractivity contribution is 5.01. The molecule has 1 rings (SSSR count). The van der Waals surface area contributed by atoms with Crippen LogP contribution in [0.25, 0.3) is 0 Å². The first-order chi connectivity index (χ1) is 4.18. The topological polar surface area (TPSA) is 90.5 Å². The summed E-state index contributed by atoms with van der Waals surface area (Å²) in [4.78, 5) is 0. The highest BCUT2D eigenvalue weighted by Crippen LogP contribution is 1.91. The molecular formula is C4H9N3O2. The van der Waals surface area contributed by atoms with Crippen LogP contribution in [0, 0.1) is 0 Å². The van der Waals surface area contributed by atoms with Gasteiger partial charge in [0.25, 0.3) is 0 Å². The van der Waals surface area contributed by atoms with Crippen LogP contribution in [-0.4, -0.2) is 22.8 Å². The van der Waals surface area contributed by atoms with Crippen molar-refractivity contribution in [3.05, 3.63) is 11.9 Å². The van der Waals surface area contributed by atoms with Crippen molar-refractivity contribution in [2.45, 2.75) is 12.6 Å². The van der Waals surface area contributed by atoms with E-state index in [0.29, 0.717) is 0 Å². The Morgan fingerprint density at radius 1 is 1.56 bits per heavy atom. The van der Waals surface area contributed by atoms with Crippen molar-refractivity contribution in [2.75, 3.05) is 0 Å². The van der Waals surface area contributed by atoms with Crippen LogP contribution in [0.2, 0.25) is 0 Å². The van der Waals surface area contributed by atoms with E-state index in [1.807, 2.05) is 0 Å². The van der Waals surface area contributed by atoms with Gasteiger partial charge >= 0.3 is 0 Å². The van der Waals surface area contributed by atoms with Crippen LogP contribution < -0.4 is 16.4 Å². The van der Waals surface area contributed by atoms with Gasteiger partial charge in [0.1, 0.15) is 6.23 Å². The van der Waals surface area contributed by atoms with E-state index >= 15 is 0 Å². The summed E-state index contributed by atoms with van der Waals surface area (Å²) in [5, 5.41) is 22.3. The zero-order chi connectivity index (χ0) is 6.85. The van der Waals surface area contributed by atoms with Crippen molar-refractivity contribution >= 4 is 0 Å². The molecule has 5 nitrogen and oxygen atoms in total. The average Bonchev–Trinajstić information content (AvgIpc) is 1.59. The molecule has 0 bridgehead atoms. The molecule has 1 heterocycles. The molecule has 2 unspecified atom stereocenters. The third-order valence-electron chi connectivity index (χ3n) is 0.969. The van der Waals surface area contributed by atoms with E-state index < -0.39 is 12.6 Å². The lowest BCUT2D eigenvalue weighted by Crippen LogP contribution is -2.51. The fourth-order valence-corrected chi connectivity index (χ4v) is 0.628. The quantitative estimate of drug-likeness (QED) is 0.252. The molecule has 0 aliphatic carbocycles. The molecule has 5 heteroatoms. The predicted molar refractivity (Wildman–Crippen MR) is 30.6 cm³/mol. The lowest BCUT2D eigenvalue weighted by Gasteiger charge is -2.23. The van der Waals surface area contributed by atoms with Crippen LogP contribution >= 0.6 is 0 Å². The molecule has 0 radical (unpaired) electrons. The largest absolute Gasteiger partial charge is 0.386 e. The minimum absolute atomic E-state index is 0.272. The van der Waals surface area contributed by atoms with Gasteiger partial charge < -0.3 is 21.3 Å². The maximum atomic E-state index is 8.78. The first kappa shape index (κ1) is 6.34. The van der Waals surface area contributed by atoms with Crippen molar-refractivity contribution in [2.24, 2.45) is 5.73 Å². The van der Waals surface area contributed by atoms with Gasteiger partial charge in [-0.1, -0.05) is 0 Å². The van der Waals surface area contributed by atoms with Gasteiger partial charge in [0.05, 0.1) is 5.82 Å². The van der Waals surface area contributed by atoms with Crippen molar-refractivity contribution in [1.82, 2.24) is 10.6 Å². The first-order valence-corrected chi connectivity index (χ1v) is 2.54. The van der Waals surface area contributed by atoms with E-state index in [9.17, 15) is 0 Å². The number of aliphatic hydroxyl groups excluding tert-OH is 2. The minimum Gasteiger partial charge on any atom is -0.386 e. The standard InChI is InChI=1S/C4H9N3O2/c5-2-1-3(8)7-4(9)6-2/h1,3-4,6-9H,5H2. The summed E-state index contributed by atoms with van der Waals surface area (Å²) in [5.41, 5.74) is 5.21. The van der Waals surface area contributed by atoms with E-state index in [2.05, 4.69) is 10.6 Å². The van der Waals surface area contributed by atoms with Gasteiger partial charge in [0.2, 0.25) is 0 Å². The fraction of sp³-hybridized carbons (Fsp3) is 0.500. The molecule has 0 aromatic heterocycles. The Morgan fingerprint density at radius 2 is 2.22 bits per heavy atom. The lowest BCUT2D eigenvalue weighted by molar-refractivity contribution is 0.0384. The number of nitrogens with two attached hydrogens (primary N) is 1. The normalized spacial score (nSPS) is 35.1. The van der Waals surface area contributed by atoms with Gasteiger partial charge in [-0.25, -0.2) is 5.32 Å². The van der Waals surface area contributed by atoms with Crippen LogP contribution in [-0.2, 0) is 0 Å². The van der Waals surface area contributed by atoms with Crippen molar-refractivity contribution in [3.63, 3.8) is 0 Å². The van der Waals surface area contributed by atoms with E-state index in [0.717, 1.165) is 0 Å². The summed E-state index contributed by atoms with van der Waals surface area (Å²) in [6.45, 7) is 0. The van der Waals surface area contributed by atoms with Gasteiger partial charge in [0, 0.05) is 0 Å². The first-order valence-electron chi connectivity index (χ1n) is 2.54. The Balaban J connectivity index is 2.56. The molecule has 0 saturated heterocycles. The fourth-order valence-electron chi connectivity index (χ4n) is 0.628. The number of rotatable bonds is 0. The van der Waals surface area contributed by atoms with E-state index in [4.69, 9.17) is 15.9 Å². The summed E-state index contributed by atoms with van der Waals surface area (Å²) >= 11 is 0. The van der Waals surface area contributed by atoms with Crippen LogP contribution in [0.3, 0.4) is 0 Å². The highest BCUT2D eigenvalue weighted by atomic mass is 16.3. The molecule has 0 aromatic rings. The molecular weight excluding hydrogens is 122 g/mol.